The van der Waals surface area contributed by atoms with Crippen molar-refractivity contribution in [1.29, 1.82) is 0 Å². The van der Waals surface area contributed by atoms with Crippen molar-refractivity contribution in [3.05, 3.63) is 30.6 Å². The summed E-state index contributed by atoms with van der Waals surface area (Å²) in [6.45, 7) is 0.692. The standard InChI is InChI=1S/C11H10BrN5O/c12-8-4-11(18)16(6-8)9-2-1-3-10(5-9)17-7-13-14-15-17/h1-3,5,7-8H,4,6H2. The number of hydrogen-bond donors (Lipinski definition) is 0. The average molecular weight is 308 g/mol. The van der Waals surface area contributed by atoms with Gasteiger partial charge in [0.25, 0.3) is 0 Å². The normalized spacial score (nSPS) is 19.5. The fourth-order valence-corrected chi connectivity index (χ4v) is 2.56. The molecule has 18 heavy (non-hydrogen) atoms. The number of aromatic nitrogens is 4. The monoisotopic (exact) mass is 307 g/mol. The Bertz CT molecular complexity index is 571. The number of halogens is 1. The summed E-state index contributed by atoms with van der Waals surface area (Å²) < 4.78 is 1.57. The van der Waals surface area contributed by atoms with Crippen LogP contribution in [0.1, 0.15) is 6.42 Å². The topological polar surface area (TPSA) is 63.9 Å². The predicted molar refractivity (Wildman–Crippen MR) is 68.8 cm³/mol. The van der Waals surface area contributed by atoms with E-state index in [1.165, 1.54) is 6.33 Å². The number of hydrogen-bond acceptors (Lipinski definition) is 4. The molecule has 2 aromatic rings. The molecular weight excluding hydrogens is 298 g/mol. The van der Waals surface area contributed by atoms with Crippen LogP contribution in [0.4, 0.5) is 5.69 Å². The van der Waals surface area contributed by atoms with Gasteiger partial charge < -0.3 is 4.90 Å². The van der Waals surface area contributed by atoms with E-state index in [2.05, 4.69) is 31.5 Å². The summed E-state index contributed by atoms with van der Waals surface area (Å²) in [5, 5.41) is 11.0. The van der Waals surface area contributed by atoms with Crippen molar-refractivity contribution < 1.29 is 4.79 Å². The molecule has 1 aromatic heterocycles. The van der Waals surface area contributed by atoms with E-state index < -0.39 is 0 Å². The Morgan fingerprint density at radius 2 is 2.17 bits per heavy atom. The van der Waals surface area contributed by atoms with E-state index in [1.54, 1.807) is 9.58 Å². The Morgan fingerprint density at radius 1 is 1.33 bits per heavy atom. The quantitative estimate of drug-likeness (QED) is 0.781. The molecule has 1 aromatic carbocycles. The van der Waals surface area contributed by atoms with Crippen LogP contribution in [-0.4, -0.2) is 37.5 Å². The summed E-state index contributed by atoms with van der Waals surface area (Å²) in [5.74, 6) is 0.130. The first-order valence-corrected chi connectivity index (χ1v) is 6.43. The van der Waals surface area contributed by atoms with Crippen LogP contribution >= 0.6 is 15.9 Å². The van der Waals surface area contributed by atoms with Crippen molar-refractivity contribution in [2.24, 2.45) is 0 Å². The van der Waals surface area contributed by atoms with E-state index >= 15 is 0 Å². The zero-order valence-corrected chi connectivity index (χ0v) is 11.0. The fraction of sp³-hybridized carbons (Fsp3) is 0.273. The fourth-order valence-electron chi connectivity index (χ4n) is 2.00. The Morgan fingerprint density at radius 3 is 2.83 bits per heavy atom. The number of amides is 1. The summed E-state index contributed by atoms with van der Waals surface area (Å²) >= 11 is 3.47. The highest BCUT2D eigenvalue weighted by Gasteiger charge is 2.28. The first-order chi connectivity index (χ1) is 8.74. The van der Waals surface area contributed by atoms with Gasteiger partial charge in [0.2, 0.25) is 5.91 Å². The Labute approximate surface area is 112 Å². The Hall–Kier alpha value is -1.76. The number of tetrazole rings is 1. The van der Waals surface area contributed by atoms with Gasteiger partial charge in [-0.2, -0.15) is 0 Å². The molecule has 2 heterocycles. The average Bonchev–Trinajstić information content (AvgIpc) is 2.99. The molecule has 0 bridgehead atoms. The van der Waals surface area contributed by atoms with E-state index in [0.717, 1.165) is 11.4 Å². The number of carbonyl (C=O) groups excluding carboxylic acids is 1. The van der Waals surface area contributed by atoms with Crippen molar-refractivity contribution in [2.45, 2.75) is 11.2 Å². The molecule has 1 unspecified atom stereocenters. The molecule has 1 aliphatic rings. The molecule has 7 heteroatoms. The molecule has 0 N–H and O–H groups in total. The molecule has 3 rings (SSSR count). The highest BCUT2D eigenvalue weighted by atomic mass is 79.9. The predicted octanol–water partition coefficient (Wildman–Crippen LogP) is 1.16. The lowest BCUT2D eigenvalue weighted by Crippen LogP contribution is -2.24. The summed E-state index contributed by atoms with van der Waals surface area (Å²) in [7, 11) is 0. The number of alkyl halides is 1. The van der Waals surface area contributed by atoms with Gasteiger partial charge in [0.15, 0.2) is 0 Å². The zero-order valence-electron chi connectivity index (χ0n) is 9.40. The largest absolute Gasteiger partial charge is 0.311 e. The van der Waals surface area contributed by atoms with Crippen molar-refractivity contribution in [2.75, 3.05) is 11.4 Å². The van der Waals surface area contributed by atoms with Crippen molar-refractivity contribution in [3.8, 4) is 5.69 Å². The van der Waals surface area contributed by atoms with Crippen LogP contribution in [0.15, 0.2) is 30.6 Å². The van der Waals surface area contributed by atoms with Crippen LogP contribution in [0.3, 0.4) is 0 Å². The molecule has 1 amide bonds. The van der Waals surface area contributed by atoms with Gasteiger partial charge in [-0.25, -0.2) is 4.68 Å². The third-order valence-corrected chi connectivity index (χ3v) is 3.45. The summed E-state index contributed by atoms with van der Waals surface area (Å²) in [6, 6.07) is 7.60. The van der Waals surface area contributed by atoms with Crippen LogP contribution in [0.2, 0.25) is 0 Å². The lowest BCUT2D eigenvalue weighted by Gasteiger charge is -2.16. The van der Waals surface area contributed by atoms with E-state index in [-0.39, 0.29) is 10.7 Å². The van der Waals surface area contributed by atoms with Crippen molar-refractivity contribution >= 4 is 27.5 Å². The van der Waals surface area contributed by atoms with Crippen LogP contribution in [0.5, 0.6) is 0 Å². The molecule has 92 valence electrons. The molecule has 6 nitrogen and oxygen atoms in total. The van der Waals surface area contributed by atoms with E-state index in [9.17, 15) is 4.79 Å². The first kappa shape index (κ1) is 11.3. The minimum atomic E-state index is 0.130. The van der Waals surface area contributed by atoms with Gasteiger partial charge in [-0.15, -0.1) is 5.10 Å². The number of rotatable bonds is 2. The molecule has 0 saturated carbocycles. The SMILES string of the molecule is O=C1CC(Br)CN1c1cccc(-n2cnnn2)c1. The van der Waals surface area contributed by atoms with E-state index in [4.69, 9.17) is 0 Å². The van der Waals surface area contributed by atoms with Gasteiger partial charge in [0.1, 0.15) is 6.33 Å². The molecule has 0 radical (unpaired) electrons. The minimum Gasteiger partial charge on any atom is -0.311 e. The minimum absolute atomic E-state index is 0.130. The lowest BCUT2D eigenvalue weighted by molar-refractivity contribution is -0.117. The smallest absolute Gasteiger partial charge is 0.228 e. The molecule has 0 aliphatic carbocycles. The highest BCUT2D eigenvalue weighted by Crippen LogP contribution is 2.26. The van der Waals surface area contributed by atoms with E-state index in [1.807, 2.05) is 24.3 Å². The second-order valence-corrected chi connectivity index (χ2v) is 5.37. The maximum atomic E-state index is 11.8. The van der Waals surface area contributed by atoms with Gasteiger partial charge in [-0.05, 0) is 28.6 Å². The zero-order chi connectivity index (χ0) is 12.5. The third-order valence-electron chi connectivity index (χ3n) is 2.83. The molecule has 1 fully saturated rings. The molecular formula is C11H10BrN5O. The Kier molecular flexibility index (Phi) is 2.83. The van der Waals surface area contributed by atoms with E-state index in [0.29, 0.717) is 13.0 Å². The van der Waals surface area contributed by atoms with Gasteiger partial charge in [-0.3, -0.25) is 4.79 Å². The molecule has 1 atom stereocenters. The number of anilines is 1. The summed E-state index contributed by atoms with van der Waals surface area (Å²) in [4.78, 5) is 13.8. The van der Waals surface area contributed by atoms with Gasteiger partial charge >= 0.3 is 0 Å². The van der Waals surface area contributed by atoms with Crippen molar-refractivity contribution in [3.63, 3.8) is 0 Å². The van der Waals surface area contributed by atoms with Crippen LogP contribution in [0.25, 0.3) is 5.69 Å². The summed E-state index contributed by atoms with van der Waals surface area (Å²) in [5.41, 5.74) is 1.71. The van der Waals surface area contributed by atoms with Crippen molar-refractivity contribution in [1.82, 2.24) is 20.2 Å². The molecule has 1 saturated heterocycles. The number of benzene rings is 1. The van der Waals surface area contributed by atoms with Gasteiger partial charge in [0.05, 0.1) is 5.69 Å². The van der Waals surface area contributed by atoms with Crippen LogP contribution in [0, 0.1) is 0 Å². The number of carbonyl (C=O) groups is 1. The third kappa shape index (κ3) is 2.01. The van der Waals surface area contributed by atoms with Gasteiger partial charge in [-0.1, -0.05) is 22.0 Å². The first-order valence-electron chi connectivity index (χ1n) is 5.52. The van der Waals surface area contributed by atoms with Crippen LogP contribution < -0.4 is 4.90 Å². The maximum Gasteiger partial charge on any atom is 0.228 e. The maximum absolute atomic E-state index is 11.8. The molecule has 0 spiro atoms. The second-order valence-electron chi connectivity index (χ2n) is 4.08. The number of nitrogens with zero attached hydrogens (tertiary/aromatic N) is 5. The summed E-state index contributed by atoms with van der Waals surface area (Å²) in [6.07, 6.45) is 2.06. The molecule has 1 aliphatic heterocycles. The van der Waals surface area contributed by atoms with Gasteiger partial charge in [0, 0.05) is 23.5 Å². The Balaban J connectivity index is 1.94. The lowest BCUT2D eigenvalue weighted by atomic mass is 10.2. The second kappa shape index (κ2) is 4.49. The van der Waals surface area contributed by atoms with Crippen LogP contribution in [-0.2, 0) is 4.79 Å². The highest BCUT2D eigenvalue weighted by molar-refractivity contribution is 9.09.